The molecule has 34 heavy (non-hydrogen) atoms. The predicted molar refractivity (Wildman–Crippen MR) is 129 cm³/mol. The zero-order valence-corrected chi connectivity index (χ0v) is 20.4. The lowest BCUT2D eigenvalue weighted by molar-refractivity contribution is -0.132. The highest BCUT2D eigenvalue weighted by Crippen LogP contribution is 2.27. The third-order valence-corrected chi connectivity index (χ3v) is 8.68. The maximum atomic E-state index is 13.1. The Kier molecular flexibility index (Phi) is 7.16. The van der Waals surface area contributed by atoms with Gasteiger partial charge in [-0.3, -0.25) is 9.59 Å². The molecule has 0 unspecified atom stereocenters. The molecule has 2 aliphatic rings. The Hall–Kier alpha value is -3.01. The van der Waals surface area contributed by atoms with Crippen LogP contribution in [0.3, 0.4) is 0 Å². The number of benzene rings is 1. The zero-order chi connectivity index (χ0) is 24.3. The van der Waals surface area contributed by atoms with Crippen molar-refractivity contribution in [1.82, 2.24) is 15.1 Å². The van der Waals surface area contributed by atoms with E-state index in [9.17, 15) is 18.0 Å². The predicted octanol–water partition coefficient (Wildman–Crippen LogP) is 2.36. The minimum absolute atomic E-state index is 0.0947. The molecule has 2 fully saturated rings. The summed E-state index contributed by atoms with van der Waals surface area (Å²) in [5, 5.41) is 10.3. The summed E-state index contributed by atoms with van der Waals surface area (Å²) in [6.07, 6.45) is 2.97. The van der Waals surface area contributed by atoms with E-state index in [2.05, 4.69) is 15.5 Å². The number of hydrogen-bond acceptors (Lipinski definition) is 7. The summed E-state index contributed by atoms with van der Waals surface area (Å²) < 4.78 is 26.2. The number of likely N-dealkylation sites (tertiary alicyclic amines) is 1. The molecule has 0 saturated carbocycles. The lowest BCUT2D eigenvalue weighted by Gasteiger charge is -2.38. The second-order valence-corrected chi connectivity index (χ2v) is 11.6. The normalized spacial score (nSPS) is 17.5. The van der Waals surface area contributed by atoms with Gasteiger partial charge >= 0.3 is 0 Å². The Morgan fingerprint density at radius 3 is 2.35 bits per heavy atom. The van der Waals surface area contributed by atoms with Gasteiger partial charge in [-0.1, -0.05) is 13.8 Å². The molecule has 2 aliphatic heterocycles. The third kappa shape index (κ3) is 5.38. The fourth-order valence-corrected chi connectivity index (χ4v) is 6.08. The summed E-state index contributed by atoms with van der Waals surface area (Å²) >= 11 is 0. The van der Waals surface area contributed by atoms with Crippen molar-refractivity contribution in [2.45, 2.75) is 43.3 Å². The van der Waals surface area contributed by atoms with Gasteiger partial charge in [-0.15, -0.1) is 5.10 Å². The van der Waals surface area contributed by atoms with E-state index in [1.165, 1.54) is 0 Å². The van der Waals surface area contributed by atoms with Crippen molar-refractivity contribution < 1.29 is 18.0 Å². The molecule has 1 aromatic heterocycles. The molecule has 1 aromatic carbocycles. The highest BCUT2D eigenvalue weighted by Gasteiger charge is 2.34. The highest BCUT2D eigenvalue weighted by molar-refractivity contribution is 7.92. The fourth-order valence-electron chi connectivity index (χ4n) is 4.35. The van der Waals surface area contributed by atoms with Gasteiger partial charge in [0.1, 0.15) is 0 Å². The molecule has 0 spiro atoms. The van der Waals surface area contributed by atoms with Crippen molar-refractivity contribution in [3.63, 3.8) is 0 Å². The van der Waals surface area contributed by atoms with E-state index in [-0.39, 0.29) is 28.5 Å². The van der Waals surface area contributed by atoms with Crippen LogP contribution in [-0.2, 0) is 19.4 Å². The van der Waals surface area contributed by atoms with Crippen LogP contribution in [0, 0.1) is 11.8 Å². The van der Waals surface area contributed by atoms with Crippen molar-refractivity contribution in [3.8, 4) is 0 Å². The molecule has 1 N–H and O–H groups in total. The van der Waals surface area contributed by atoms with Crippen LogP contribution in [0.2, 0.25) is 0 Å². The van der Waals surface area contributed by atoms with E-state index >= 15 is 0 Å². The third-order valence-electron chi connectivity index (χ3n) is 6.40. The summed E-state index contributed by atoms with van der Waals surface area (Å²) in [4.78, 5) is 28.8. The smallest absolute Gasteiger partial charge is 0.231 e. The Morgan fingerprint density at radius 2 is 1.76 bits per heavy atom. The Morgan fingerprint density at radius 1 is 1.09 bits per heavy atom. The van der Waals surface area contributed by atoms with Gasteiger partial charge in [0.05, 0.1) is 16.1 Å². The number of aromatic nitrogens is 2. The van der Waals surface area contributed by atoms with Crippen LogP contribution >= 0.6 is 0 Å². The SMILES string of the molecule is CC(C)CC(=O)N1CCC(S(=O)(=O)c2ccc(NC(=O)C3CN(c4cccnn4)C3)cc2)CC1. The number of nitrogens with one attached hydrogen (secondary N) is 1. The molecule has 182 valence electrons. The second kappa shape index (κ2) is 10.1. The Balaban J connectivity index is 1.29. The van der Waals surface area contributed by atoms with Crippen LogP contribution in [0.15, 0.2) is 47.5 Å². The minimum atomic E-state index is -3.50. The van der Waals surface area contributed by atoms with Crippen molar-refractivity contribution >= 4 is 33.2 Å². The molecule has 2 saturated heterocycles. The highest BCUT2D eigenvalue weighted by atomic mass is 32.2. The number of carbonyl (C=O) groups excluding carboxylic acids is 2. The van der Waals surface area contributed by atoms with Crippen LogP contribution in [0.4, 0.5) is 11.5 Å². The number of sulfone groups is 1. The number of hydrogen-bond donors (Lipinski definition) is 1. The first-order valence-corrected chi connectivity index (χ1v) is 13.2. The summed E-state index contributed by atoms with van der Waals surface area (Å²) in [5.74, 6) is 0.867. The van der Waals surface area contributed by atoms with E-state index in [0.717, 1.165) is 5.82 Å². The van der Waals surface area contributed by atoms with Gasteiger partial charge in [0, 0.05) is 44.5 Å². The van der Waals surface area contributed by atoms with Crippen LogP contribution < -0.4 is 10.2 Å². The van der Waals surface area contributed by atoms with Gasteiger partial charge < -0.3 is 15.1 Å². The van der Waals surface area contributed by atoms with Crippen molar-refractivity contribution in [2.75, 3.05) is 36.4 Å². The van der Waals surface area contributed by atoms with Crippen LogP contribution in [-0.4, -0.2) is 66.8 Å². The number of nitrogens with zero attached hydrogens (tertiary/aromatic N) is 4. The average Bonchev–Trinajstić information content (AvgIpc) is 2.79. The second-order valence-electron chi connectivity index (χ2n) is 9.42. The number of piperidine rings is 1. The first kappa shape index (κ1) is 24.1. The maximum Gasteiger partial charge on any atom is 0.231 e. The van der Waals surface area contributed by atoms with E-state index in [4.69, 9.17) is 0 Å². The molecule has 0 bridgehead atoms. The minimum Gasteiger partial charge on any atom is -0.353 e. The summed E-state index contributed by atoms with van der Waals surface area (Å²) in [6, 6.07) is 10.0. The van der Waals surface area contributed by atoms with Crippen molar-refractivity contribution in [2.24, 2.45) is 11.8 Å². The lowest BCUT2D eigenvalue weighted by atomic mass is 9.99. The number of rotatable bonds is 7. The monoisotopic (exact) mass is 485 g/mol. The molecule has 3 heterocycles. The number of anilines is 2. The van der Waals surface area contributed by atoms with E-state index < -0.39 is 15.1 Å². The van der Waals surface area contributed by atoms with Gasteiger partial charge in [0.25, 0.3) is 0 Å². The fraction of sp³-hybridized carbons (Fsp3) is 0.500. The van der Waals surface area contributed by atoms with Gasteiger partial charge in [-0.2, -0.15) is 5.10 Å². The van der Waals surface area contributed by atoms with Gasteiger partial charge in [-0.25, -0.2) is 8.42 Å². The van der Waals surface area contributed by atoms with Gasteiger partial charge in [-0.05, 0) is 55.2 Å². The van der Waals surface area contributed by atoms with Crippen LogP contribution in [0.1, 0.15) is 33.1 Å². The number of amides is 2. The lowest BCUT2D eigenvalue weighted by Crippen LogP contribution is -2.52. The molecule has 4 rings (SSSR count). The first-order valence-electron chi connectivity index (χ1n) is 11.7. The molecule has 2 aromatic rings. The quantitative estimate of drug-likeness (QED) is 0.641. The molecular formula is C24H31N5O4S. The first-order chi connectivity index (χ1) is 16.2. The average molecular weight is 486 g/mol. The summed E-state index contributed by atoms with van der Waals surface area (Å²) in [7, 11) is -3.50. The van der Waals surface area contributed by atoms with Crippen molar-refractivity contribution in [3.05, 3.63) is 42.6 Å². The topological polar surface area (TPSA) is 113 Å². The summed E-state index contributed by atoms with van der Waals surface area (Å²) in [5.41, 5.74) is 0.566. The molecular weight excluding hydrogens is 454 g/mol. The standard InChI is InChI=1S/C24H31N5O4S/c1-17(2)14-23(30)28-12-9-21(10-13-28)34(32,33)20-7-5-19(6-8-20)26-24(31)18-15-29(16-18)22-4-3-11-25-27-22/h3-8,11,17-18,21H,9-10,12-16H2,1-2H3,(H,26,31). The Bertz CT molecular complexity index is 1110. The molecule has 9 nitrogen and oxygen atoms in total. The van der Waals surface area contributed by atoms with Gasteiger partial charge in [0.2, 0.25) is 11.8 Å². The largest absolute Gasteiger partial charge is 0.353 e. The van der Waals surface area contributed by atoms with E-state index in [0.29, 0.717) is 51.1 Å². The number of carbonyl (C=O) groups is 2. The van der Waals surface area contributed by atoms with Crippen molar-refractivity contribution in [1.29, 1.82) is 0 Å². The maximum absolute atomic E-state index is 13.1. The molecule has 0 aliphatic carbocycles. The zero-order valence-electron chi connectivity index (χ0n) is 19.6. The van der Waals surface area contributed by atoms with Gasteiger partial charge in [0.15, 0.2) is 15.7 Å². The molecule has 0 atom stereocenters. The molecule has 0 radical (unpaired) electrons. The van der Waals surface area contributed by atoms with E-state index in [1.54, 1.807) is 41.4 Å². The van der Waals surface area contributed by atoms with Crippen LogP contribution in [0.25, 0.3) is 0 Å². The summed E-state index contributed by atoms with van der Waals surface area (Å²) in [6.45, 7) is 6.07. The van der Waals surface area contributed by atoms with E-state index in [1.807, 2.05) is 24.8 Å². The van der Waals surface area contributed by atoms with Crippen LogP contribution in [0.5, 0.6) is 0 Å². The Labute approximate surface area is 200 Å². The molecule has 2 amide bonds. The molecule has 10 heteroatoms.